The third-order valence-electron chi connectivity index (χ3n) is 1.89. The number of hydrogen-bond acceptors (Lipinski definition) is 4. The molecule has 5 heteroatoms. The van der Waals surface area contributed by atoms with Crippen molar-refractivity contribution in [2.45, 2.75) is 17.7 Å². The van der Waals surface area contributed by atoms with Crippen molar-refractivity contribution < 1.29 is 9.90 Å². The van der Waals surface area contributed by atoms with Gasteiger partial charge in [0.1, 0.15) is 6.04 Å². The summed E-state index contributed by atoms with van der Waals surface area (Å²) in [6.45, 7) is 1.71. The van der Waals surface area contributed by atoms with Crippen LogP contribution in [0.3, 0.4) is 0 Å². The predicted octanol–water partition coefficient (Wildman–Crippen LogP) is 1.30. The minimum Gasteiger partial charge on any atom is -0.480 e. The molecule has 2 atom stereocenters. The molecule has 1 rings (SSSR count). The van der Waals surface area contributed by atoms with E-state index in [0.717, 1.165) is 4.88 Å². The molecule has 2 unspecified atom stereocenters. The molecule has 0 aliphatic rings. The van der Waals surface area contributed by atoms with E-state index in [1.165, 1.54) is 11.3 Å². The van der Waals surface area contributed by atoms with Crippen LogP contribution in [0.1, 0.15) is 11.8 Å². The van der Waals surface area contributed by atoms with E-state index in [2.05, 4.69) is 12.6 Å². The van der Waals surface area contributed by atoms with Crippen LogP contribution in [0.5, 0.6) is 0 Å². The molecule has 0 aliphatic heterocycles. The second-order valence-electron chi connectivity index (χ2n) is 2.94. The second kappa shape index (κ2) is 3.69. The van der Waals surface area contributed by atoms with E-state index in [1.54, 1.807) is 6.92 Å². The number of thiophene rings is 1. The van der Waals surface area contributed by atoms with Gasteiger partial charge in [-0.1, -0.05) is 6.07 Å². The highest BCUT2D eigenvalue weighted by Crippen LogP contribution is 2.34. The number of carbonyl (C=O) groups is 1. The van der Waals surface area contributed by atoms with Crippen molar-refractivity contribution in [1.82, 2.24) is 0 Å². The van der Waals surface area contributed by atoms with Crippen LogP contribution in [0.2, 0.25) is 0 Å². The van der Waals surface area contributed by atoms with Gasteiger partial charge in [0.25, 0.3) is 0 Å². The van der Waals surface area contributed by atoms with E-state index in [1.807, 2.05) is 17.5 Å². The summed E-state index contributed by atoms with van der Waals surface area (Å²) in [7, 11) is 0. The Labute approximate surface area is 86.0 Å². The van der Waals surface area contributed by atoms with Crippen molar-refractivity contribution in [2.24, 2.45) is 5.73 Å². The Morgan fingerprint density at radius 2 is 2.46 bits per heavy atom. The molecule has 0 fully saturated rings. The zero-order chi connectivity index (χ0) is 10.1. The minimum absolute atomic E-state index is 0.806. The lowest BCUT2D eigenvalue weighted by atomic mass is 10.00. The fourth-order valence-electron chi connectivity index (χ4n) is 0.960. The maximum Gasteiger partial charge on any atom is 0.322 e. The Morgan fingerprint density at radius 1 is 1.85 bits per heavy atom. The highest BCUT2D eigenvalue weighted by Gasteiger charge is 2.35. The summed E-state index contributed by atoms with van der Waals surface area (Å²) in [6.07, 6.45) is 0. The van der Waals surface area contributed by atoms with Crippen molar-refractivity contribution in [3.63, 3.8) is 0 Å². The van der Waals surface area contributed by atoms with Gasteiger partial charge in [-0.25, -0.2) is 0 Å². The number of thiol groups is 1. The average Bonchev–Trinajstić information content (AvgIpc) is 2.54. The number of aliphatic carboxylic acids is 1. The molecule has 1 heterocycles. The predicted molar refractivity (Wildman–Crippen MR) is 56.3 cm³/mol. The van der Waals surface area contributed by atoms with Gasteiger partial charge in [0.15, 0.2) is 0 Å². The Morgan fingerprint density at radius 3 is 2.85 bits per heavy atom. The van der Waals surface area contributed by atoms with E-state index >= 15 is 0 Å². The van der Waals surface area contributed by atoms with Crippen molar-refractivity contribution >= 4 is 29.9 Å². The molecule has 13 heavy (non-hydrogen) atoms. The Hall–Kier alpha value is -0.520. The first-order chi connectivity index (χ1) is 5.96. The Kier molecular flexibility index (Phi) is 3.00. The summed E-state index contributed by atoms with van der Waals surface area (Å²) in [5, 5.41) is 10.6. The number of rotatable bonds is 3. The lowest BCUT2D eigenvalue weighted by Crippen LogP contribution is -2.44. The lowest BCUT2D eigenvalue weighted by Gasteiger charge is -2.26. The van der Waals surface area contributed by atoms with E-state index in [9.17, 15) is 4.79 Å². The highest BCUT2D eigenvalue weighted by molar-refractivity contribution is 7.81. The molecule has 0 amide bonds. The normalized spacial score (nSPS) is 17.8. The van der Waals surface area contributed by atoms with Crippen LogP contribution in [-0.4, -0.2) is 17.1 Å². The summed E-state index contributed by atoms with van der Waals surface area (Å²) in [5.74, 6) is -1.04. The maximum atomic E-state index is 10.7. The Bertz CT molecular complexity index is 295. The standard InChI is InChI=1S/C8H11NO2S2/c1-8(12,6(9)7(10)11)5-3-2-4-13-5/h2-4,6,12H,9H2,1H3,(H,10,11). The summed E-state index contributed by atoms with van der Waals surface area (Å²) in [4.78, 5) is 11.5. The zero-order valence-electron chi connectivity index (χ0n) is 7.10. The molecule has 3 nitrogen and oxygen atoms in total. The summed E-state index contributed by atoms with van der Waals surface area (Å²) >= 11 is 5.74. The molecule has 0 saturated heterocycles. The van der Waals surface area contributed by atoms with Gasteiger partial charge in [-0.05, 0) is 18.4 Å². The van der Waals surface area contributed by atoms with Gasteiger partial charge in [-0.15, -0.1) is 11.3 Å². The maximum absolute atomic E-state index is 10.7. The van der Waals surface area contributed by atoms with Gasteiger partial charge < -0.3 is 10.8 Å². The molecule has 1 aromatic heterocycles. The van der Waals surface area contributed by atoms with Crippen LogP contribution >= 0.6 is 24.0 Å². The fraction of sp³-hybridized carbons (Fsp3) is 0.375. The molecule has 0 radical (unpaired) electrons. The molecule has 0 spiro atoms. The first-order valence-electron chi connectivity index (χ1n) is 3.71. The molecule has 0 bridgehead atoms. The molecular formula is C8H11NO2S2. The minimum atomic E-state index is -1.04. The van der Waals surface area contributed by atoms with Crippen molar-refractivity contribution in [2.75, 3.05) is 0 Å². The largest absolute Gasteiger partial charge is 0.480 e. The summed E-state index contributed by atoms with van der Waals surface area (Å²) in [6, 6.07) is 2.69. The molecular weight excluding hydrogens is 206 g/mol. The van der Waals surface area contributed by atoms with Crippen LogP contribution in [0.4, 0.5) is 0 Å². The quantitative estimate of drug-likeness (QED) is 0.669. The highest BCUT2D eigenvalue weighted by atomic mass is 32.1. The lowest BCUT2D eigenvalue weighted by molar-refractivity contribution is -0.139. The van der Waals surface area contributed by atoms with E-state index in [4.69, 9.17) is 10.8 Å². The smallest absolute Gasteiger partial charge is 0.322 e. The molecule has 0 aliphatic carbocycles. The Balaban J connectivity index is 2.95. The van der Waals surface area contributed by atoms with Crippen LogP contribution in [0.15, 0.2) is 17.5 Å². The van der Waals surface area contributed by atoms with Gasteiger partial charge in [0.05, 0.1) is 4.75 Å². The number of hydrogen-bond donors (Lipinski definition) is 3. The first kappa shape index (κ1) is 10.6. The average molecular weight is 217 g/mol. The summed E-state index contributed by atoms with van der Waals surface area (Å²) in [5.41, 5.74) is 5.52. The topological polar surface area (TPSA) is 63.3 Å². The number of nitrogens with two attached hydrogens (primary N) is 1. The zero-order valence-corrected chi connectivity index (χ0v) is 8.81. The first-order valence-corrected chi connectivity index (χ1v) is 5.03. The van der Waals surface area contributed by atoms with Crippen LogP contribution in [0.25, 0.3) is 0 Å². The second-order valence-corrected chi connectivity index (χ2v) is 4.82. The van der Waals surface area contributed by atoms with Crippen molar-refractivity contribution in [3.05, 3.63) is 22.4 Å². The van der Waals surface area contributed by atoms with E-state index in [0.29, 0.717) is 0 Å². The van der Waals surface area contributed by atoms with E-state index in [-0.39, 0.29) is 0 Å². The van der Waals surface area contributed by atoms with Crippen molar-refractivity contribution in [1.29, 1.82) is 0 Å². The monoisotopic (exact) mass is 217 g/mol. The molecule has 0 aromatic carbocycles. The van der Waals surface area contributed by atoms with E-state index < -0.39 is 16.8 Å². The van der Waals surface area contributed by atoms with Crippen molar-refractivity contribution in [3.8, 4) is 0 Å². The van der Waals surface area contributed by atoms with Gasteiger partial charge >= 0.3 is 5.97 Å². The number of carboxylic acid groups (broad SMARTS) is 1. The molecule has 0 saturated carbocycles. The third kappa shape index (κ3) is 2.04. The van der Waals surface area contributed by atoms with Gasteiger partial charge in [-0.2, -0.15) is 12.6 Å². The van der Waals surface area contributed by atoms with Crippen LogP contribution in [0, 0.1) is 0 Å². The van der Waals surface area contributed by atoms with Gasteiger partial charge in [-0.3, -0.25) is 4.79 Å². The summed E-state index contributed by atoms with van der Waals surface area (Å²) < 4.78 is -0.806. The van der Waals surface area contributed by atoms with Gasteiger partial charge in [0.2, 0.25) is 0 Å². The van der Waals surface area contributed by atoms with Crippen LogP contribution < -0.4 is 5.73 Å². The molecule has 1 aromatic rings. The SMILES string of the molecule is CC(S)(c1cccs1)C(N)C(=O)O. The fourth-order valence-corrected chi connectivity index (χ4v) is 2.13. The van der Waals surface area contributed by atoms with Crippen LogP contribution in [-0.2, 0) is 9.54 Å². The molecule has 72 valence electrons. The number of carboxylic acids is 1. The third-order valence-corrected chi connectivity index (χ3v) is 3.67. The van der Waals surface area contributed by atoms with Gasteiger partial charge in [0, 0.05) is 4.88 Å². The molecule has 3 N–H and O–H groups in total.